The molecule has 434 valence electrons. The van der Waals surface area contributed by atoms with Gasteiger partial charge in [-0.3, -0.25) is 0 Å². The molecule has 0 atom stereocenters. The standard InChI is InChI=1S/C91H53NO2/c1-9-37-76-62(25-1)63-26-2-10-38-77(63)90(76)80-41-13-5-29-66(80)74-51-58(45-47-82(74)90)86-72(56-23-17-21-54(49-56)60-33-19-35-70-68-31-7-15-43-84(68)93-88(60)70)53-73(57-24-18-22-55(50-57)61-34-20-36-71-69-32-8-16-44-85(69)94-89(61)71)87(92-86)59-46-48-83-75(52-59)67-30-6-14-42-81(67)91(83)78-39-11-3-27-64(78)65-28-4-12-40-79(65)91/h1-53H. The van der Waals surface area contributed by atoms with Crippen LogP contribution in [-0.2, 0) is 10.8 Å². The van der Waals surface area contributed by atoms with Crippen molar-refractivity contribution in [1.82, 2.24) is 4.98 Å². The van der Waals surface area contributed by atoms with Crippen molar-refractivity contribution in [2.45, 2.75) is 10.8 Å². The molecule has 0 saturated carbocycles. The molecule has 17 aromatic rings. The van der Waals surface area contributed by atoms with Gasteiger partial charge in [0.25, 0.3) is 0 Å². The number of para-hydroxylation sites is 4. The molecule has 94 heavy (non-hydrogen) atoms. The van der Waals surface area contributed by atoms with Crippen molar-refractivity contribution in [2.75, 3.05) is 0 Å². The lowest BCUT2D eigenvalue weighted by Gasteiger charge is -2.30. The molecule has 0 aliphatic heterocycles. The van der Waals surface area contributed by atoms with Crippen LogP contribution in [-0.4, -0.2) is 4.98 Å². The van der Waals surface area contributed by atoms with E-state index in [0.717, 1.165) is 111 Å². The molecule has 0 bridgehead atoms. The van der Waals surface area contributed by atoms with Crippen molar-refractivity contribution in [2.24, 2.45) is 0 Å². The van der Waals surface area contributed by atoms with Crippen LogP contribution in [0.15, 0.2) is 330 Å². The van der Waals surface area contributed by atoms with E-state index in [-0.39, 0.29) is 0 Å². The summed E-state index contributed by atoms with van der Waals surface area (Å²) in [5.74, 6) is 0. The molecule has 0 N–H and O–H groups in total. The number of pyridine rings is 1. The highest BCUT2D eigenvalue weighted by Gasteiger charge is 2.53. The maximum Gasteiger partial charge on any atom is 0.143 e. The fourth-order valence-corrected chi connectivity index (χ4v) is 17.5. The van der Waals surface area contributed by atoms with Crippen LogP contribution in [0, 0.1) is 0 Å². The summed E-state index contributed by atoms with van der Waals surface area (Å²) in [5, 5.41) is 4.40. The summed E-state index contributed by atoms with van der Waals surface area (Å²) in [4.78, 5) is 6.28. The molecular formula is C91H53NO2. The third-order valence-electron chi connectivity index (χ3n) is 21.3. The van der Waals surface area contributed by atoms with Crippen LogP contribution in [0.3, 0.4) is 0 Å². The Morgan fingerprint density at radius 3 is 0.862 bits per heavy atom. The first-order chi connectivity index (χ1) is 46.6. The van der Waals surface area contributed by atoms with Gasteiger partial charge >= 0.3 is 0 Å². The van der Waals surface area contributed by atoms with Gasteiger partial charge in [0.15, 0.2) is 0 Å². The highest BCUT2D eigenvalue weighted by atomic mass is 16.3. The van der Waals surface area contributed by atoms with E-state index in [1.165, 1.54) is 89.0 Å². The molecule has 4 aliphatic carbocycles. The Labute approximate surface area is 542 Å². The van der Waals surface area contributed by atoms with Gasteiger partial charge in [-0.15, -0.1) is 0 Å². The first-order valence-corrected chi connectivity index (χ1v) is 32.6. The Bertz CT molecular complexity index is 5690. The Balaban J connectivity index is 0.843. The van der Waals surface area contributed by atoms with E-state index in [0.29, 0.717) is 0 Å². The maximum absolute atomic E-state index is 6.76. The normalized spacial score (nSPS) is 13.7. The second kappa shape index (κ2) is 19.2. The smallest absolute Gasteiger partial charge is 0.143 e. The first-order valence-electron chi connectivity index (χ1n) is 32.6. The molecule has 3 heteroatoms. The van der Waals surface area contributed by atoms with Gasteiger partial charge in [0.05, 0.1) is 22.2 Å². The van der Waals surface area contributed by atoms with E-state index in [2.05, 4.69) is 309 Å². The molecular weight excluding hydrogens is 1140 g/mol. The number of fused-ring (bicyclic) bond motifs is 26. The number of hydrogen-bond acceptors (Lipinski definition) is 3. The number of nitrogens with zero attached hydrogens (tertiary/aromatic N) is 1. The third kappa shape index (κ3) is 6.81. The number of furan rings is 2. The molecule has 2 spiro atoms. The summed E-state index contributed by atoms with van der Waals surface area (Å²) in [7, 11) is 0. The molecule has 0 radical (unpaired) electrons. The largest absolute Gasteiger partial charge is 0.455 e. The summed E-state index contributed by atoms with van der Waals surface area (Å²) < 4.78 is 13.5. The lowest BCUT2D eigenvalue weighted by molar-refractivity contribution is 0.669. The summed E-state index contributed by atoms with van der Waals surface area (Å²) in [6.07, 6.45) is 0. The van der Waals surface area contributed by atoms with E-state index < -0.39 is 10.8 Å². The van der Waals surface area contributed by atoms with E-state index in [1.54, 1.807) is 0 Å². The van der Waals surface area contributed by atoms with Crippen molar-refractivity contribution in [1.29, 1.82) is 0 Å². The SMILES string of the molecule is c1cc(-c2cc(-c3cccc(-c4cccc5c4oc4ccccc45)c3)c(-c3ccc4c(c3)-c3ccccc3C43c4ccccc4-c4ccccc43)nc2-c2ccc3c(c2)-c2ccccc2C32c3ccccc3-c3ccccc32)cc(-c2cccc3c2oc2ccccc23)c1. The Kier molecular flexibility index (Phi) is 10.5. The van der Waals surface area contributed by atoms with E-state index in [4.69, 9.17) is 13.8 Å². The summed E-state index contributed by atoms with van der Waals surface area (Å²) in [6.45, 7) is 0. The molecule has 4 aliphatic rings. The summed E-state index contributed by atoms with van der Waals surface area (Å²) >= 11 is 0. The zero-order valence-electron chi connectivity index (χ0n) is 50.9. The predicted molar refractivity (Wildman–Crippen MR) is 384 cm³/mol. The number of rotatable bonds is 6. The summed E-state index contributed by atoms with van der Waals surface area (Å²) in [6, 6.07) is 119. The number of hydrogen-bond donors (Lipinski definition) is 0. The third-order valence-corrected chi connectivity index (χ3v) is 21.3. The van der Waals surface area contributed by atoms with Crippen molar-refractivity contribution in [3.8, 4) is 112 Å². The second-order valence-electron chi connectivity index (χ2n) is 25.8. The van der Waals surface area contributed by atoms with Gasteiger partial charge in [0.1, 0.15) is 22.3 Å². The zero-order valence-corrected chi connectivity index (χ0v) is 50.9. The quantitative estimate of drug-likeness (QED) is 0.167. The molecule has 0 amide bonds. The molecule has 3 heterocycles. The molecule has 21 rings (SSSR count). The summed E-state index contributed by atoms with van der Waals surface area (Å²) in [5.41, 5.74) is 35.2. The maximum atomic E-state index is 6.76. The van der Waals surface area contributed by atoms with Crippen molar-refractivity contribution in [3.63, 3.8) is 0 Å². The van der Waals surface area contributed by atoms with Crippen LogP contribution in [0.1, 0.15) is 44.5 Å². The number of benzene rings is 14. The Morgan fingerprint density at radius 1 is 0.191 bits per heavy atom. The van der Waals surface area contributed by atoms with Gasteiger partial charge in [0.2, 0.25) is 0 Å². The lowest BCUT2D eigenvalue weighted by atomic mass is 9.70. The van der Waals surface area contributed by atoms with E-state index in [1.807, 2.05) is 12.1 Å². The minimum absolute atomic E-state index is 0.495. The van der Waals surface area contributed by atoms with Gasteiger partial charge in [-0.2, -0.15) is 0 Å². The Hall–Kier alpha value is -12.2. The fourth-order valence-electron chi connectivity index (χ4n) is 17.5. The van der Waals surface area contributed by atoms with Gasteiger partial charge in [-0.05, 0) is 154 Å². The highest BCUT2D eigenvalue weighted by molar-refractivity contribution is 6.12. The minimum Gasteiger partial charge on any atom is -0.455 e. The van der Waals surface area contributed by atoms with Crippen LogP contribution < -0.4 is 0 Å². The van der Waals surface area contributed by atoms with E-state index >= 15 is 0 Å². The molecule has 3 nitrogen and oxygen atoms in total. The molecule has 0 unspecified atom stereocenters. The second-order valence-corrected chi connectivity index (χ2v) is 25.8. The monoisotopic (exact) mass is 1190 g/mol. The average molecular weight is 1190 g/mol. The van der Waals surface area contributed by atoms with Crippen LogP contribution in [0.5, 0.6) is 0 Å². The van der Waals surface area contributed by atoms with Gasteiger partial charge in [-0.25, -0.2) is 4.98 Å². The van der Waals surface area contributed by atoms with Crippen LogP contribution >= 0.6 is 0 Å². The molecule has 3 aromatic heterocycles. The molecule has 0 fully saturated rings. The zero-order chi connectivity index (χ0) is 61.4. The molecule has 14 aromatic carbocycles. The van der Waals surface area contributed by atoms with E-state index in [9.17, 15) is 0 Å². The molecule has 0 saturated heterocycles. The van der Waals surface area contributed by atoms with Gasteiger partial charge in [0, 0.05) is 54.9 Å². The first kappa shape index (κ1) is 51.6. The predicted octanol–water partition coefficient (Wildman–Crippen LogP) is 23.6. The number of aromatic nitrogens is 1. The van der Waals surface area contributed by atoms with Crippen LogP contribution in [0.4, 0.5) is 0 Å². The van der Waals surface area contributed by atoms with Crippen molar-refractivity contribution in [3.05, 3.63) is 366 Å². The van der Waals surface area contributed by atoms with Gasteiger partial charge < -0.3 is 8.83 Å². The lowest BCUT2D eigenvalue weighted by Crippen LogP contribution is -2.25. The Morgan fingerprint density at radius 2 is 0.479 bits per heavy atom. The van der Waals surface area contributed by atoms with Crippen molar-refractivity contribution < 1.29 is 8.83 Å². The average Bonchev–Trinajstić information content (AvgIpc) is 1.52. The van der Waals surface area contributed by atoms with Crippen LogP contribution in [0.2, 0.25) is 0 Å². The minimum atomic E-state index is -0.495. The highest BCUT2D eigenvalue weighted by Crippen LogP contribution is 2.65. The van der Waals surface area contributed by atoms with Crippen LogP contribution in [0.25, 0.3) is 155 Å². The topological polar surface area (TPSA) is 39.2 Å². The van der Waals surface area contributed by atoms with Gasteiger partial charge in [-0.1, -0.05) is 279 Å². The fraction of sp³-hybridized carbons (Fsp3) is 0.0220. The van der Waals surface area contributed by atoms with Crippen molar-refractivity contribution >= 4 is 43.9 Å².